The molecule has 2 saturated heterocycles. The van der Waals surface area contributed by atoms with Gasteiger partial charge in [0.2, 0.25) is 0 Å². The predicted molar refractivity (Wildman–Crippen MR) is 174 cm³/mol. The fourth-order valence-corrected chi connectivity index (χ4v) is 5.13. The minimum absolute atomic E-state index is 0.160. The van der Waals surface area contributed by atoms with Gasteiger partial charge in [-0.25, -0.2) is 9.80 Å². The van der Waals surface area contributed by atoms with Crippen LogP contribution in [0, 0.1) is 33.5 Å². The third kappa shape index (κ3) is 6.52. The highest BCUT2D eigenvalue weighted by atomic mass is 32.1. The lowest BCUT2D eigenvalue weighted by atomic mass is 9.87. The zero-order chi connectivity index (χ0) is 33.3. The molecule has 0 aliphatic carbocycles. The molecule has 0 radical (unpaired) electrons. The molecule has 0 aromatic heterocycles. The van der Waals surface area contributed by atoms with Crippen LogP contribution in [0.25, 0.3) is 0 Å². The third-order valence-corrected chi connectivity index (χ3v) is 8.53. The Morgan fingerprint density at radius 2 is 1.02 bits per heavy atom. The molecule has 2 heterocycles. The van der Waals surface area contributed by atoms with Crippen molar-refractivity contribution >= 4 is 69.7 Å². The lowest BCUT2D eigenvalue weighted by Crippen LogP contribution is -2.46. The first kappa shape index (κ1) is 34.0. The minimum atomic E-state index is -0.684. The molecule has 10 nitrogen and oxygen atoms in total. The van der Waals surface area contributed by atoms with Gasteiger partial charge in [0.25, 0.3) is 0 Å². The number of nitriles is 2. The molecule has 0 spiro atoms. The van der Waals surface area contributed by atoms with Gasteiger partial charge in [-0.15, -0.1) is 0 Å². The number of anilines is 2. The summed E-state index contributed by atoms with van der Waals surface area (Å²) in [6.45, 7) is 15.7. The van der Waals surface area contributed by atoms with Crippen LogP contribution in [0.4, 0.5) is 11.4 Å². The second-order valence-corrected chi connectivity index (χ2v) is 13.3. The maximum Gasteiger partial charge on any atom is 0.323 e. The van der Waals surface area contributed by atoms with Crippen LogP contribution in [0.1, 0.15) is 66.5 Å². The van der Waals surface area contributed by atoms with Crippen LogP contribution in [0.15, 0.2) is 48.5 Å². The summed E-state index contributed by atoms with van der Waals surface area (Å²) in [5, 5.41) is 18.1. The van der Waals surface area contributed by atoms with Crippen molar-refractivity contribution in [2.24, 2.45) is 10.8 Å². The first-order valence-electron chi connectivity index (χ1n) is 13.8. The van der Waals surface area contributed by atoms with Crippen molar-refractivity contribution in [1.82, 2.24) is 9.80 Å². The zero-order valence-electron chi connectivity index (χ0n) is 25.9. The first-order chi connectivity index (χ1) is 20.4. The van der Waals surface area contributed by atoms with E-state index >= 15 is 0 Å². The number of amides is 4. The molecule has 0 N–H and O–H groups in total. The van der Waals surface area contributed by atoms with Crippen molar-refractivity contribution in [3.63, 3.8) is 0 Å². The molecule has 4 amide bonds. The van der Waals surface area contributed by atoms with Gasteiger partial charge >= 0.3 is 23.6 Å². The van der Waals surface area contributed by atoms with Gasteiger partial charge in [-0.1, -0.05) is 47.6 Å². The molecule has 2 atom stereocenters. The predicted octanol–water partition coefficient (Wildman–Crippen LogP) is 4.91. The molecule has 2 aliphatic heterocycles. The zero-order valence-corrected chi connectivity index (χ0v) is 27.5. The van der Waals surface area contributed by atoms with E-state index in [2.05, 4.69) is 0 Å². The summed E-state index contributed by atoms with van der Waals surface area (Å²) in [6.07, 6.45) is 0. The highest BCUT2D eigenvalue weighted by Gasteiger charge is 2.48. The molecule has 228 valence electrons. The van der Waals surface area contributed by atoms with E-state index in [-0.39, 0.29) is 33.1 Å². The summed E-state index contributed by atoms with van der Waals surface area (Å²) in [5.41, 5.74) is 1.39. The number of rotatable bonds is 4. The molecule has 2 fully saturated rings. The summed E-state index contributed by atoms with van der Waals surface area (Å²) < 4.78 is 0. The highest BCUT2D eigenvalue weighted by molar-refractivity contribution is 7.81. The smallest absolute Gasteiger partial charge is 0.277 e. The standard InChI is InChI=1S/2C16H17N3O2S/c1-10(16(2,3)4)18-13(20)14(21)19(15(18)22)12-7-5-11(9-17)6-8-12;1-10(16(2,3)4)18-13(20)14(21)19(15(18)22)12-7-5-6-11(8-12)9-17/h2*5-8,10H,1-4H3/t10-;/m1./s1. The largest absolute Gasteiger partial charge is 0.323 e. The Morgan fingerprint density at radius 3 is 1.41 bits per heavy atom. The molecule has 0 bridgehead atoms. The number of carbonyl (C=O) groups excluding carboxylic acids is 4. The molecule has 44 heavy (non-hydrogen) atoms. The number of thiocarbonyl (C=S) groups is 2. The third-order valence-electron chi connectivity index (χ3n) is 7.77. The molecule has 2 aromatic carbocycles. The maximum atomic E-state index is 12.3. The number of hydrogen-bond donors (Lipinski definition) is 0. The summed E-state index contributed by atoms with van der Waals surface area (Å²) in [6, 6.07) is 16.5. The summed E-state index contributed by atoms with van der Waals surface area (Å²) >= 11 is 10.7. The van der Waals surface area contributed by atoms with Crippen molar-refractivity contribution in [3.8, 4) is 12.1 Å². The maximum absolute atomic E-state index is 12.3. The lowest BCUT2D eigenvalue weighted by molar-refractivity contribution is -0.140. The van der Waals surface area contributed by atoms with E-state index in [1.54, 1.807) is 48.5 Å². The molecule has 0 saturated carbocycles. The summed E-state index contributed by atoms with van der Waals surface area (Å²) in [4.78, 5) is 54.4. The topological polar surface area (TPSA) is 129 Å². The summed E-state index contributed by atoms with van der Waals surface area (Å²) in [7, 11) is 0. The normalized spacial score (nSPS) is 17.0. The van der Waals surface area contributed by atoms with Crippen molar-refractivity contribution in [2.75, 3.05) is 9.80 Å². The van der Waals surface area contributed by atoms with E-state index in [4.69, 9.17) is 35.0 Å². The van der Waals surface area contributed by atoms with Gasteiger partial charge in [0, 0.05) is 12.1 Å². The van der Waals surface area contributed by atoms with Crippen LogP contribution >= 0.6 is 24.4 Å². The van der Waals surface area contributed by atoms with Gasteiger partial charge in [-0.3, -0.25) is 29.0 Å². The van der Waals surface area contributed by atoms with Gasteiger partial charge in [0.1, 0.15) is 0 Å². The Balaban J connectivity index is 0.000000240. The van der Waals surface area contributed by atoms with Crippen LogP contribution in [0.3, 0.4) is 0 Å². The van der Waals surface area contributed by atoms with E-state index in [0.717, 1.165) is 0 Å². The molecule has 12 heteroatoms. The van der Waals surface area contributed by atoms with E-state index in [1.165, 1.54) is 19.6 Å². The van der Waals surface area contributed by atoms with E-state index in [9.17, 15) is 19.2 Å². The van der Waals surface area contributed by atoms with Gasteiger partial charge in [0.15, 0.2) is 10.2 Å². The highest BCUT2D eigenvalue weighted by Crippen LogP contribution is 2.32. The molecule has 2 aromatic rings. The quantitative estimate of drug-likeness (QED) is 0.345. The Labute approximate surface area is 268 Å². The Morgan fingerprint density at radius 1 is 0.614 bits per heavy atom. The Kier molecular flexibility index (Phi) is 9.73. The minimum Gasteiger partial charge on any atom is -0.277 e. The number of nitrogens with zero attached hydrogens (tertiary/aromatic N) is 6. The van der Waals surface area contributed by atoms with Gasteiger partial charge < -0.3 is 0 Å². The second kappa shape index (κ2) is 12.6. The molecule has 1 unspecified atom stereocenters. The van der Waals surface area contributed by atoms with E-state index < -0.39 is 23.6 Å². The van der Waals surface area contributed by atoms with Crippen LogP contribution in [-0.2, 0) is 19.2 Å². The average molecular weight is 631 g/mol. The Bertz CT molecular complexity index is 1630. The fourth-order valence-electron chi connectivity index (χ4n) is 4.27. The van der Waals surface area contributed by atoms with Crippen molar-refractivity contribution in [2.45, 2.75) is 67.5 Å². The van der Waals surface area contributed by atoms with Crippen LogP contribution in [0.2, 0.25) is 0 Å². The number of hydrogen-bond acceptors (Lipinski definition) is 8. The van der Waals surface area contributed by atoms with Crippen LogP contribution in [-0.4, -0.2) is 55.7 Å². The van der Waals surface area contributed by atoms with Crippen molar-refractivity contribution < 1.29 is 19.2 Å². The van der Waals surface area contributed by atoms with Gasteiger partial charge in [-0.2, -0.15) is 10.5 Å². The van der Waals surface area contributed by atoms with E-state index in [1.807, 2.05) is 67.5 Å². The lowest BCUT2D eigenvalue weighted by Gasteiger charge is -2.34. The Hall–Kier alpha value is -4.52. The fraction of sp³-hybridized carbons (Fsp3) is 0.375. The number of carbonyl (C=O) groups is 4. The van der Waals surface area contributed by atoms with Crippen LogP contribution in [0.5, 0.6) is 0 Å². The molecule has 2 aliphatic rings. The SMILES string of the molecule is CC(N1C(=O)C(=O)N(c2cccc(C#N)c2)C1=S)C(C)(C)C.C[C@@H](N1C(=O)C(=O)N(c2ccc(C#N)cc2)C1=S)C(C)(C)C. The van der Waals surface area contributed by atoms with Gasteiger partial charge in [0.05, 0.1) is 34.6 Å². The average Bonchev–Trinajstić information content (AvgIpc) is 3.32. The second-order valence-electron chi connectivity index (χ2n) is 12.6. The number of benzene rings is 2. The van der Waals surface area contributed by atoms with Gasteiger partial charge in [-0.05, 0) is 91.6 Å². The first-order valence-corrected chi connectivity index (χ1v) is 14.6. The molecule has 4 rings (SSSR count). The molecular weight excluding hydrogens is 597 g/mol. The monoisotopic (exact) mass is 630 g/mol. The van der Waals surface area contributed by atoms with Crippen molar-refractivity contribution in [3.05, 3.63) is 59.7 Å². The molecular formula is C32H34N6O4S2. The van der Waals surface area contributed by atoms with Crippen molar-refractivity contribution in [1.29, 1.82) is 10.5 Å². The van der Waals surface area contributed by atoms with Crippen LogP contribution < -0.4 is 9.80 Å². The summed E-state index contributed by atoms with van der Waals surface area (Å²) in [5.74, 6) is -2.59. The van der Waals surface area contributed by atoms with E-state index in [0.29, 0.717) is 22.5 Å².